The number of fused-ring (bicyclic) bond motifs is 6. The van der Waals surface area contributed by atoms with Gasteiger partial charge in [-0.25, -0.2) is 0 Å². The molecule has 47 heavy (non-hydrogen) atoms. The molecule has 7 aromatic carbocycles. The van der Waals surface area contributed by atoms with Crippen molar-refractivity contribution in [2.24, 2.45) is 0 Å². The Balaban J connectivity index is 1.15. The first-order valence-electron chi connectivity index (χ1n) is 16.3. The Morgan fingerprint density at radius 3 is 1.72 bits per heavy atom. The van der Waals surface area contributed by atoms with Crippen LogP contribution in [0.15, 0.2) is 164 Å². The molecular formula is C45H33NS. The number of benzene rings is 7. The largest absolute Gasteiger partial charge is 0.310 e. The minimum absolute atomic E-state index is 0.0247. The van der Waals surface area contributed by atoms with Crippen molar-refractivity contribution in [2.75, 3.05) is 4.90 Å². The fourth-order valence-electron chi connectivity index (χ4n) is 7.44. The second-order valence-electron chi connectivity index (χ2n) is 13.0. The molecule has 2 heteroatoms. The molecule has 0 spiro atoms. The van der Waals surface area contributed by atoms with Gasteiger partial charge >= 0.3 is 0 Å². The van der Waals surface area contributed by atoms with Crippen LogP contribution < -0.4 is 4.90 Å². The summed E-state index contributed by atoms with van der Waals surface area (Å²) in [5.41, 5.74) is 13.7. The zero-order valence-corrected chi connectivity index (χ0v) is 27.3. The molecule has 0 amide bonds. The molecule has 0 unspecified atom stereocenters. The van der Waals surface area contributed by atoms with Crippen molar-refractivity contribution in [1.82, 2.24) is 0 Å². The first-order valence-corrected chi connectivity index (χ1v) is 17.1. The van der Waals surface area contributed by atoms with Gasteiger partial charge < -0.3 is 4.90 Å². The van der Waals surface area contributed by atoms with Crippen LogP contribution in [-0.4, -0.2) is 0 Å². The molecule has 0 saturated carbocycles. The molecule has 1 aliphatic rings. The van der Waals surface area contributed by atoms with Crippen molar-refractivity contribution >= 4 is 48.6 Å². The highest BCUT2D eigenvalue weighted by Crippen LogP contribution is 2.50. The Morgan fingerprint density at radius 2 is 0.957 bits per heavy atom. The first-order chi connectivity index (χ1) is 23.0. The monoisotopic (exact) mass is 619 g/mol. The fraction of sp³-hybridized carbons (Fsp3) is 0.0667. The normalized spacial score (nSPS) is 13.1. The summed E-state index contributed by atoms with van der Waals surface area (Å²) in [5.74, 6) is 0. The molecule has 0 aliphatic heterocycles. The van der Waals surface area contributed by atoms with E-state index in [1.54, 1.807) is 0 Å². The van der Waals surface area contributed by atoms with Crippen LogP contribution in [-0.2, 0) is 5.41 Å². The molecule has 0 saturated heterocycles. The highest BCUT2D eigenvalue weighted by Gasteiger charge is 2.35. The van der Waals surface area contributed by atoms with E-state index in [0.717, 1.165) is 17.1 Å². The van der Waals surface area contributed by atoms with Gasteiger partial charge in [0.15, 0.2) is 0 Å². The van der Waals surface area contributed by atoms with Gasteiger partial charge in [-0.2, -0.15) is 0 Å². The number of hydrogen-bond acceptors (Lipinski definition) is 2. The summed E-state index contributed by atoms with van der Waals surface area (Å²) in [4.78, 5) is 2.39. The second kappa shape index (κ2) is 10.8. The summed E-state index contributed by atoms with van der Waals surface area (Å²) in [6, 6.07) is 60.1. The summed E-state index contributed by atoms with van der Waals surface area (Å²) in [5, 5.41) is 2.66. The maximum atomic E-state index is 2.39. The summed E-state index contributed by atoms with van der Waals surface area (Å²) < 4.78 is 2.67. The van der Waals surface area contributed by atoms with E-state index < -0.39 is 0 Å². The molecule has 9 rings (SSSR count). The maximum Gasteiger partial charge on any atom is 0.0468 e. The predicted molar refractivity (Wildman–Crippen MR) is 202 cm³/mol. The molecular weight excluding hydrogens is 587 g/mol. The van der Waals surface area contributed by atoms with Crippen molar-refractivity contribution in [2.45, 2.75) is 19.3 Å². The summed E-state index contributed by atoms with van der Waals surface area (Å²) in [7, 11) is 0. The molecule has 0 N–H and O–H groups in total. The van der Waals surface area contributed by atoms with E-state index in [2.05, 4.69) is 183 Å². The fourth-order valence-corrected chi connectivity index (χ4v) is 8.52. The lowest BCUT2D eigenvalue weighted by atomic mass is 9.82. The molecule has 8 aromatic rings. The van der Waals surface area contributed by atoms with Crippen LogP contribution in [0.3, 0.4) is 0 Å². The van der Waals surface area contributed by atoms with Gasteiger partial charge in [-0.05, 0) is 99.1 Å². The van der Waals surface area contributed by atoms with Crippen molar-refractivity contribution in [3.05, 3.63) is 175 Å². The number of rotatable bonds is 5. The molecule has 1 aliphatic carbocycles. The third-order valence-corrected chi connectivity index (χ3v) is 11.0. The Morgan fingerprint density at radius 1 is 0.404 bits per heavy atom. The molecule has 0 atom stereocenters. The van der Waals surface area contributed by atoms with E-state index in [4.69, 9.17) is 0 Å². The summed E-state index contributed by atoms with van der Waals surface area (Å²) in [6.45, 7) is 4.68. The van der Waals surface area contributed by atoms with Crippen molar-refractivity contribution in [3.63, 3.8) is 0 Å². The Kier molecular flexibility index (Phi) is 6.41. The smallest absolute Gasteiger partial charge is 0.0468 e. The molecule has 224 valence electrons. The van der Waals surface area contributed by atoms with Crippen LogP contribution in [0.25, 0.3) is 53.6 Å². The van der Waals surface area contributed by atoms with Gasteiger partial charge in [0.25, 0.3) is 0 Å². The van der Waals surface area contributed by atoms with Crippen LogP contribution in [0.4, 0.5) is 17.1 Å². The lowest BCUT2D eigenvalue weighted by Crippen LogP contribution is -2.15. The minimum Gasteiger partial charge on any atom is -0.310 e. The van der Waals surface area contributed by atoms with Crippen LogP contribution in [0.5, 0.6) is 0 Å². The lowest BCUT2D eigenvalue weighted by molar-refractivity contribution is 0.660. The summed E-state index contributed by atoms with van der Waals surface area (Å²) in [6.07, 6.45) is 0. The Labute approximate surface area is 280 Å². The highest BCUT2D eigenvalue weighted by atomic mass is 32.1. The quantitative estimate of drug-likeness (QED) is 0.185. The van der Waals surface area contributed by atoms with Gasteiger partial charge in [0, 0.05) is 42.6 Å². The molecule has 0 fully saturated rings. The van der Waals surface area contributed by atoms with E-state index in [-0.39, 0.29) is 5.41 Å². The van der Waals surface area contributed by atoms with E-state index in [0.29, 0.717) is 0 Å². The number of nitrogens with zero attached hydrogens (tertiary/aromatic N) is 1. The van der Waals surface area contributed by atoms with Gasteiger partial charge in [-0.15, -0.1) is 11.3 Å². The predicted octanol–water partition coefficient (Wildman–Crippen LogP) is 13.2. The van der Waals surface area contributed by atoms with E-state index in [1.165, 1.54) is 64.7 Å². The van der Waals surface area contributed by atoms with Gasteiger partial charge in [-0.1, -0.05) is 123 Å². The number of thiophene rings is 1. The molecule has 1 nitrogen and oxygen atoms in total. The van der Waals surface area contributed by atoms with Gasteiger partial charge in [0.2, 0.25) is 0 Å². The summed E-state index contributed by atoms with van der Waals surface area (Å²) >= 11 is 1.86. The van der Waals surface area contributed by atoms with Gasteiger partial charge in [0.1, 0.15) is 0 Å². The van der Waals surface area contributed by atoms with Gasteiger partial charge in [0.05, 0.1) is 0 Å². The Bertz CT molecular complexity index is 2410. The highest BCUT2D eigenvalue weighted by molar-refractivity contribution is 7.25. The van der Waals surface area contributed by atoms with Crippen molar-refractivity contribution < 1.29 is 0 Å². The zero-order chi connectivity index (χ0) is 31.5. The minimum atomic E-state index is -0.0247. The Hall–Kier alpha value is -5.44. The molecule has 1 aromatic heterocycles. The topological polar surface area (TPSA) is 3.24 Å². The zero-order valence-electron chi connectivity index (χ0n) is 26.4. The van der Waals surface area contributed by atoms with E-state index in [1.807, 2.05) is 11.3 Å². The van der Waals surface area contributed by atoms with Crippen LogP contribution >= 0.6 is 11.3 Å². The van der Waals surface area contributed by atoms with E-state index >= 15 is 0 Å². The standard InChI is InChI=1S/C45H33NS/c1-45(2)41-14-8-6-12-37(41)39-29-36(25-26-42(39)45)46(34-21-16-31(17-22-34)30-10-4-3-5-11-30)35-23-18-32(19-24-35)33-20-27-44-40(28-33)38-13-7-9-15-43(38)47-44/h3-29H,1-2H3. The molecule has 1 heterocycles. The third-order valence-electron chi connectivity index (χ3n) is 9.89. The average molecular weight is 620 g/mol. The second-order valence-corrected chi connectivity index (χ2v) is 14.1. The SMILES string of the molecule is CC1(C)c2ccccc2-c2cc(N(c3ccc(-c4ccccc4)cc3)c3ccc(-c4ccc5sc6ccccc6c5c4)cc3)ccc21. The maximum absolute atomic E-state index is 2.39. The van der Waals surface area contributed by atoms with Crippen LogP contribution in [0, 0.1) is 0 Å². The average Bonchev–Trinajstić information content (AvgIpc) is 3.61. The van der Waals surface area contributed by atoms with E-state index in [9.17, 15) is 0 Å². The van der Waals surface area contributed by atoms with Crippen LogP contribution in [0.2, 0.25) is 0 Å². The lowest BCUT2D eigenvalue weighted by Gasteiger charge is -2.27. The third kappa shape index (κ3) is 4.60. The molecule has 0 radical (unpaired) electrons. The van der Waals surface area contributed by atoms with Gasteiger partial charge in [-0.3, -0.25) is 0 Å². The van der Waals surface area contributed by atoms with Crippen molar-refractivity contribution in [3.8, 4) is 33.4 Å². The molecule has 0 bridgehead atoms. The number of anilines is 3. The first kappa shape index (κ1) is 27.8. The van der Waals surface area contributed by atoms with Crippen LogP contribution in [0.1, 0.15) is 25.0 Å². The number of hydrogen-bond donors (Lipinski definition) is 0. The van der Waals surface area contributed by atoms with Crippen molar-refractivity contribution in [1.29, 1.82) is 0 Å².